The number of rotatable bonds is 7. The van der Waals surface area contributed by atoms with E-state index in [4.69, 9.17) is 20.9 Å². The van der Waals surface area contributed by atoms with Gasteiger partial charge in [0.15, 0.2) is 5.96 Å². The van der Waals surface area contributed by atoms with Crippen molar-refractivity contribution in [3.63, 3.8) is 0 Å². The second-order valence-electron chi connectivity index (χ2n) is 8.22. The summed E-state index contributed by atoms with van der Waals surface area (Å²) in [7, 11) is 1.38. The first-order valence-electron chi connectivity index (χ1n) is 11.6. The Kier molecular flexibility index (Phi) is 9.16. The molecule has 1 saturated heterocycles. The number of aliphatic imine (C=N–C) groups is 1. The van der Waals surface area contributed by atoms with Crippen LogP contribution in [0.5, 0.6) is 5.75 Å². The minimum atomic E-state index is -0.684. The number of amides is 3. The van der Waals surface area contributed by atoms with E-state index in [2.05, 4.69) is 4.99 Å². The van der Waals surface area contributed by atoms with E-state index in [0.29, 0.717) is 48.7 Å². The summed E-state index contributed by atoms with van der Waals surface area (Å²) in [5.74, 6) is -0.879. The van der Waals surface area contributed by atoms with Crippen LogP contribution in [0.25, 0.3) is 0 Å². The summed E-state index contributed by atoms with van der Waals surface area (Å²) >= 11 is 0. The van der Waals surface area contributed by atoms with E-state index >= 15 is 0 Å². The molecule has 1 heterocycles. The molecule has 2 aromatic carbocycles. The van der Waals surface area contributed by atoms with Crippen molar-refractivity contribution in [1.29, 1.82) is 0 Å². The van der Waals surface area contributed by atoms with Crippen molar-refractivity contribution in [2.75, 3.05) is 46.4 Å². The Hall–Kier alpha value is -4.45. The molecule has 3 amide bonds. The molecule has 0 aromatic heterocycles. The van der Waals surface area contributed by atoms with Crippen LogP contribution in [0.15, 0.2) is 53.5 Å². The Morgan fingerprint density at radius 2 is 1.51 bits per heavy atom. The Balaban J connectivity index is 1.50. The van der Waals surface area contributed by atoms with Crippen LogP contribution >= 0.6 is 0 Å². The average Bonchev–Trinajstić information content (AvgIpc) is 2.89. The smallest absolute Gasteiger partial charge is 0.416 e. The van der Waals surface area contributed by atoms with Crippen LogP contribution in [0.1, 0.15) is 27.6 Å². The van der Waals surface area contributed by atoms with E-state index in [0.717, 1.165) is 4.90 Å². The van der Waals surface area contributed by atoms with Crippen LogP contribution in [0, 0.1) is 0 Å². The number of piperazine rings is 1. The number of imide groups is 1. The number of guanidine groups is 1. The maximum atomic E-state index is 12.9. The molecule has 12 heteroatoms. The van der Waals surface area contributed by atoms with Gasteiger partial charge in [0, 0.05) is 38.8 Å². The Morgan fingerprint density at radius 1 is 0.919 bits per heavy atom. The zero-order valence-corrected chi connectivity index (χ0v) is 20.8. The molecule has 2 aromatic rings. The number of hydrogen-bond acceptors (Lipinski definition) is 8. The maximum absolute atomic E-state index is 12.9. The zero-order valence-electron chi connectivity index (χ0n) is 20.8. The highest BCUT2D eigenvalue weighted by Gasteiger charge is 2.26. The van der Waals surface area contributed by atoms with Crippen LogP contribution in [-0.4, -0.2) is 90.9 Å². The van der Waals surface area contributed by atoms with Gasteiger partial charge in [0.1, 0.15) is 5.75 Å². The fraction of sp³-hybridized carbons (Fsp3) is 0.320. The highest BCUT2D eigenvalue weighted by Crippen LogP contribution is 2.18. The van der Waals surface area contributed by atoms with Crippen LogP contribution < -0.4 is 16.2 Å². The quantitative estimate of drug-likeness (QED) is 0.241. The summed E-state index contributed by atoms with van der Waals surface area (Å²) in [5.41, 5.74) is 12.0. The molecule has 1 aliphatic heterocycles. The summed E-state index contributed by atoms with van der Waals surface area (Å²) in [5, 5.41) is 0. The Bertz CT molecular complexity index is 1150. The number of esters is 1. The van der Waals surface area contributed by atoms with Gasteiger partial charge in [-0.05, 0) is 55.5 Å². The van der Waals surface area contributed by atoms with E-state index < -0.39 is 12.1 Å². The summed E-state index contributed by atoms with van der Waals surface area (Å²) in [6.07, 6.45) is -0.684. The lowest BCUT2D eigenvalue weighted by atomic mass is 10.1. The second-order valence-corrected chi connectivity index (χ2v) is 8.22. The molecule has 0 atom stereocenters. The third kappa shape index (κ3) is 7.51. The standard InChI is InChI=1S/C25H30N6O6/c1-3-36-25(35)29(2)21(32)16-30-12-14-31(15-13-30)22(33)17-6-10-20(11-7-17)37-23(34)18-4-8-19(9-5-18)28-24(26)27/h4-11H,3,12-16H2,1-2H3,(H4,26,27,28). The van der Waals surface area contributed by atoms with Crippen molar-refractivity contribution in [3.05, 3.63) is 59.7 Å². The monoisotopic (exact) mass is 510 g/mol. The minimum Gasteiger partial charge on any atom is -0.449 e. The lowest BCUT2D eigenvalue weighted by molar-refractivity contribution is -0.129. The lowest BCUT2D eigenvalue weighted by Crippen LogP contribution is -2.51. The van der Waals surface area contributed by atoms with Crippen LogP contribution in [0.4, 0.5) is 10.5 Å². The van der Waals surface area contributed by atoms with Crippen LogP contribution in [-0.2, 0) is 9.53 Å². The van der Waals surface area contributed by atoms with E-state index in [1.807, 2.05) is 4.90 Å². The lowest BCUT2D eigenvalue weighted by Gasteiger charge is -2.34. The molecule has 12 nitrogen and oxygen atoms in total. The van der Waals surface area contributed by atoms with Gasteiger partial charge in [0.25, 0.3) is 5.91 Å². The summed E-state index contributed by atoms with van der Waals surface area (Å²) < 4.78 is 10.2. The normalized spacial score (nSPS) is 13.4. The fourth-order valence-electron chi connectivity index (χ4n) is 3.56. The first kappa shape index (κ1) is 27.1. The molecular formula is C25H30N6O6. The van der Waals surface area contributed by atoms with Gasteiger partial charge in [-0.1, -0.05) is 0 Å². The SMILES string of the molecule is CCOC(=O)N(C)C(=O)CN1CCN(C(=O)c2ccc(OC(=O)c3ccc(N=C(N)N)cc3)cc2)CC1. The molecule has 0 radical (unpaired) electrons. The summed E-state index contributed by atoms with van der Waals surface area (Å²) in [6, 6.07) is 12.6. The van der Waals surface area contributed by atoms with Crippen molar-refractivity contribution >= 4 is 35.5 Å². The Labute approximate surface area is 214 Å². The first-order chi connectivity index (χ1) is 17.7. The summed E-state index contributed by atoms with van der Waals surface area (Å²) in [6.45, 7) is 3.77. The topological polar surface area (TPSA) is 161 Å². The van der Waals surface area contributed by atoms with Crippen LogP contribution in [0.2, 0.25) is 0 Å². The maximum Gasteiger partial charge on any atom is 0.416 e. The number of hydrogen-bond donors (Lipinski definition) is 2. The van der Waals surface area contributed by atoms with E-state index in [1.54, 1.807) is 60.4 Å². The van der Waals surface area contributed by atoms with E-state index in [-0.39, 0.29) is 30.9 Å². The van der Waals surface area contributed by atoms with Gasteiger partial charge in [-0.3, -0.25) is 14.5 Å². The predicted molar refractivity (Wildman–Crippen MR) is 135 cm³/mol. The number of ether oxygens (including phenoxy) is 2. The van der Waals surface area contributed by atoms with Gasteiger partial charge in [-0.25, -0.2) is 19.5 Å². The Morgan fingerprint density at radius 3 is 2.08 bits per heavy atom. The number of nitrogens with two attached hydrogens (primary N) is 2. The van der Waals surface area contributed by atoms with Crippen molar-refractivity contribution < 1.29 is 28.7 Å². The van der Waals surface area contributed by atoms with Crippen LogP contribution in [0.3, 0.4) is 0 Å². The van der Waals surface area contributed by atoms with Crippen molar-refractivity contribution in [2.45, 2.75) is 6.92 Å². The van der Waals surface area contributed by atoms with Gasteiger partial charge in [0.2, 0.25) is 5.91 Å². The third-order valence-corrected chi connectivity index (χ3v) is 5.61. The van der Waals surface area contributed by atoms with Crippen molar-refractivity contribution in [2.24, 2.45) is 16.5 Å². The molecule has 0 saturated carbocycles. The first-order valence-corrected chi connectivity index (χ1v) is 11.6. The minimum absolute atomic E-state index is 0.0639. The molecule has 0 aliphatic carbocycles. The number of carbonyl (C=O) groups excluding carboxylic acids is 4. The van der Waals surface area contributed by atoms with Crippen molar-refractivity contribution in [1.82, 2.24) is 14.7 Å². The van der Waals surface area contributed by atoms with Gasteiger partial charge < -0.3 is 25.8 Å². The largest absolute Gasteiger partial charge is 0.449 e. The number of nitrogens with zero attached hydrogens (tertiary/aromatic N) is 4. The molecule has 196 valence electrons. The molecular weight excluding hydrogens is 480 g/mol. The fourth-order valence-corrected chi connectivity index (χ4v) is 3.56. The van der Waals surface area contributed by atoms with Gasteiger partial charge in [0.05, 0.1) is 24.4 Å². The van der Waals surface area contributed by atoms with Crippen molar-refractivity contribution in [3.8, 4) is 5.75 Å². The molecule has 0 bridgehead atoms. The van der Waals surface area contributed by atoms with Gasteiger partial charge in [-0.15, -0.1) is 0 Å². The molecule has 37 heavy (non-hydrogen) atoms. The van der Waals surface area contributed by atoms with Gasteiger partial charge >= 0.3 is 12.1 Å². The second kappa shape index (κ2) is 12.5. The molecule has 4 N–H and O–H groups in total. The molecule has 1 aliphatic rings. The highest BCUT2D eigenvalue weighted by atomic mass is 16.6. The zero-order chi connectivity index (χ0) is 26.9. The molecule has 0 unspecified atom stereocenters. The molecule has 1 fully saturated rings. The average molecular weight is 511 g/mol. The summed E-state index contributed by atoms with van der Waals surface area (Å²) in [4.78, 5) is 57.7. The van der Waals surface area contributed by atoms with E-state index in [9.17, 15) is 19.2 Å². The molecule has 0 spiro atoms. The highest BCUT2D eigenvalue weighted by molar-refractivity contribution is 5.95. The number of benzene rings is 2. The molecule has 3 rings (SSSR count). The number of carbonyl (C=O) groups is 4. The third-order valence-electron chi connectivity index (χ3n) is 5.61. The van der Waals surface area contributed by atoms with E-state index in [1.165, 1.54) is 7.05 Å². The predicted octanol–water partition coefficient (Wildman–Crippen LogP) is 1.18. The van der Waals surface area contributed by atoms with Gasteiger partial charge in [-0.2, -0.15) is 0 Å². The number of likely N-dealkylation sites (N-methyl/N-ethyl adjacent to an activating group) is 1.